The number of hydrogen-bond acceptors (Lipinski definition) is 4. The fourth-order valence-corrected chi connectivity index (χ4v) is 4.32. The molecule has 3 rings (SSSR count). The lowest BCUT2D eigenvalue weighted by molar-refractivity contribution is 0.406. The Hall–Kier alpha value is -2.71. The van der Waals surface area contributed by atoms with Crippen molar-refractivity contribution in [2.75, 3.05) is 6.54 Å². The number of nitrogens with one attached hydrogen (secondary N) is 2. The number of benzene rings is 2. The molecule has 8 heteroatoms. The van der Waals surface area contributed by atoms with E-state index < -0.39 is 21.3 Å². The molecule has 136 valence electrons. The van der Waals surface area contributed by atoms with Gasteiger partial charge in [0.25, 0.3) is 5.56 Å². The fraction of sp³-hybridized carbons (Fsp3) is 0.222. The summed E-state index contributed by atoms with van der Waals surface area (Å²) in [7, 11) is -3.79. The molecule has 0 atom stereocenters. The van der Waals surface area contributed by atoms with Crippen LogP contribution in [0.4, 0.5) is 0 Å². The van der Waals surface area contributed by atoms with Crippen LogP contribution in [0.25, 0.3) is 10.9 Å². The van der Waals surface area contributed by atoms with Crippen molar-refractivity contribution in [2.24, 2.45) is 0 Å². The summed E-state index contributed by atoms with van der Waals surface area (Å²) in [5, 5.41) is 0.127. The second kappa shape index (κ2) is 7.27. The average Bonchev–Trinajstić information content (AvgIpc) is 2.62. The molecule has 2 aromatic carbocycles. The highest BCUT2D eigenvalue weighted by molar-refractivity contribution is 7.89. The number of sulfonamides is 1. The van der Waals surface area contributed by atoms with Crippen LogP contribution in [0, 0.1) is 0 Å². The van der Waals surface area contributed by atoms with Gasteiger partial charge in [-0.05, 0) is 30.2 Å². The molecule has 0 bridgehead atoms. The zero-order valence-corrected chi connectivity index (χ0v) is 15.0. The molecule has 0 saturated heterocycles. The molecule has 1 heterocycles. The van der Waals surface area contributed by atoms with Gasteiger partial charge in [-0.1, -0.05) is 37.3 Å². The molecule has 0 aliphatic rings. The van der Waals surface area contributed by atoms with Crippen LogP contribution in [0.5, 0.6) is 0 Å². The lowest BCUT2D eigenvalue weighted by atomic mass is 10.2. The molecule has 0 saturated carbocycles. The smallest absolute Gasteiger partial charge is 0.307 e. The predicted octanol–water partition coefficient (Wildman–Crippen LogP) is 1.82. The Kier molecular flexibility index (Phi) is 5.06. The van der Waals surface area contributed by atoms with E-state index in [1.54, 1.807) is 0 Å². The van der Waals surface area contributed by atoms with Crippen molar-refractivity contribution in [1.82, 2.24) is 14.3 Å². The SMILES string of the molecule is CCCN(Cc1ccccc1)S(=O)(=O)c1ccc2[nH]c(=O)[nH]c(=O)c2c1. The van der Waals surface area contributed by atoms with Gasteiger partial charge in [-0.3, -0.25) is 9.78 Å². The number of aromatic nitrogens is 2. The third-order valence-electron chi connectivity index (χ3n) is 4.02. The molecule has 0 unspecified atom stereocenters. The van der Waals surface area contributed by atoms with Gasteiger partial charge in [-0.15, -0.1) is 0 Å². The minimum absolute atomic E-state index is 0.0203. The summed E-state index contributed by atoms with van der Waals surface area (Å²) < 4.78 is 27.6. The summed E-state index contributed by atoms with van der Waals surface area (Å²) in [6.07, 6.45) is 0.660. The summed E-state index contributed by atoms with van der Waals surface area (Å²) >= 11 is 0. The fourth-order valence-electron chi connectivity index (χ4n) is 2.77. The van der Waals surface area contributed by atoms with E-state index in [1.165, 1.54) is 22.5 Å². The quantitative estimate of drug-likeness (QED) is 0.688. The van der Waals surface area contributed by atoms with Crippen LogP contribution in [0.3, 0.4) is 0 Å². The van der Waals surface area contributed by atoms with Crippen molar-refractivity contribution >= 4 is 20.9 Å². The summed E-state index contributed by atoms with van der Waals surface area (Å²) in [4.78, 5) is 27.9. The van der Waals surface area contributed by atoms with Crippen molar-refractivity contribution in [3.8, 4) is 0 Å². The van der Waals surface area contributed by atoms with Gasteiger partial charge in [-0.2, -0.15) is 4.31 Å². The molecular weight excluding hydrogens is 354 g/mol. The van der Waals surface area contributed by atoms with Gasteiger partial charge in [0.15, 0.2) is 0 Å². The highest BCUT2D eigenvalue weighted by Crippen LogP contribution is 2.21. The molecule has 26 heavy (non-hydrogen) atoms. The van der Waals surface area contributed by atoms with Crippen LogP contribution in [-0.2, 0) is 16.6 Å². The Balaban J connectivity index is 2.05. The first-order valence-electron chi connectivity index (χ1n) is 8.22. The normalized spacial score (nSPS) is 11.9. The first-order chi connectivity index (χ1) is 12.4. The Bertz CT molecular complexity index is 1130. The monoisotopic (exact) mass is 373 g/mol. The molecule has 0 aliphatic carbocycles. The van der Waals surface area contributed by atoms with E-state index in [2.05, 4.69) is 9.97 Å². The van der Waals surface area contributed by atoms with Crippen LogP contribution in [0.1, 0.15) is 18.9 Å². The topological polar surface area (TPSA) is 103 Å². The molecule has 0 aliphatic heterocycles. The molecular formula is C18H19N3O4S. The number of rotatable bonds is 6. The third kappa shape index (κ3) is 3.61. The molecule has 3 aromatic rings. The van der Waals surface area contributed by atoms with E-state index >= 15 is 0 Å². The van der Waals surface area contributed by atoms with Crippen molar-refractivity contribution in [1.29, 1.82) is 0 Å². The zero-order chi connectivity index (χ0) is 18.7. The van der Waals surface area contributed by atoms with Crippen LogP contribution in [0.2, 0.25) is 0 Å². The predicted molar refractivity (Wildman–Crippen MR) is 99.5 cm³/mol. The molecule has 2 N–H and O–H groups in total. The maximum absolute atomic E-state index is 13.1. The number of fused-ring (bicyclic) bond motifs is 1. The Morgan fingerprint density at radius 3 is 2.42 bits per heavy atom. The van der Waals surface area contributed by atoms with Crippen LogP contribution in [-0.4, -0.2) is 29.2 Å². The molecule has 0 radical (unpaired) electrons. The molecule has 0 amide bonds. The summed E-state index contributed by atoms with van der Waals surface area (Å²) in [5.74, 6) is 0. The van der Waals surface area contributed by atoms with Crippen LogP contribution >= 0.6 is 0 Å². The van der Waals surface area contributed by atoms with Crippen molar-refractivity contribution in [2.45, 2.75) is 24.8 Å². The number of H-pyrrole nitrogens is 2. The lowest BCUT2D eigenvalue weighted by Crippen LogP contribution is -2.31. The van der Waals surface area contributed by atoms with Gasteiger partial charge in [0.1, 0.15) is 0 Å². The maximum atomic E-state index is 13.1. The summed E-state index contributed by atoms with van der Waals surface area (Å²) in [6, 6.07) is 13.5. The Morgan fingerprint density at radius 2 is 1.73 bits per heavy atom. The highest BCUT2D eigenvalue weighted by Gasteiger charge is 2.24. The Labute approximate surface area is 150 Å². The van der Waals surface area contributed by atoms with Crippen molar-refractivity contribution in [3.05, 3.63) is 74.9 Å². The zero-order valence-electron chi connectivity index (χ0n) is 14.2. The van der Waals surface area contributed by atoms with Gasteiger partial charge in [0, 0.05) is 13.1 Å². The van der Waals surface area contributed by atoms with E-state index in [-0.39, 0.29) is 16.8 Å². The second-order valence-electron chi connectivity index (χ2n) is 5.94. The van der Waals surface area contributed by atoms with Gasteiger partial charge in [-0.25, -0.2) is 13.2 Å². The maximum Gasteiger partial charge on any atom is 0.326 e. The average molecular weight is 373 g/mol. The van der Waals surface area contributed by atoms with Gasteiger partial charge >= 0.3 is 5.69 Å². The summed E-state index contributed by atoms with van der Waals surface area (Å²) in [6.45, 7) is 2.51. The number of aromatic amines is 2. The van der Waals surface area contributed by atoms with E-state index in [0.29, 0.717) is 18.5 Å². The van der Waals surface area contributed by atoms with Crippen molar-refractivity contribution < 1.29 is 8.42 Å². The van der Waals surface area contributed by atoms with Gasteiger partial charge in [0.2, 0.25) is 10.0 Å². The van der Waals surface area contributed by atoms with E-state index in [0.717, 1.165) is 5.56 Å². The lowest BCUT2D eigenvalue weighted by Gasteiger charge is -2.22. The van der Waals surface area contributed by atoms with E-state index in [9.17, 15) is 18.0 Å². The number of nitrogens with zero attached hydrogens (tertiary/aromatic N) is 1. The van der Waals surface area contributed by atoms with E-state index in [1.807, 2.05) is 37.3 Å². The first kappa shape index (κ1) is 18.1. The van der Waals surface area contributed by atoms with Gasteiger partial charge in [0.05, 0.1) is 15.8 Å². The standard InChI is InChI=1S/C18H19N3O4S/c1-2-10-21(12-13-6-4-3-5-7-13)26(24,25)14-8-9-16-15(11-14)17(22)20-18(23)19-16/h3-9,11H,2,10,12H2,1H3,(H2,19,20,22,23). The third-order valence-corrected chi connectivity index (χ3v) is 5.86. The number of hydrogen-bond donors (Lipinski definition) is 2. The largest absolute Gasteiger partial charge is 0.326 e. The highest BCUT2D eigenvalue weighted by atomic mass is 32.2. The second-order valence-corrected chi connectivity index (χ2v) is 7.88. The van der Waals surface area contributed by atoms with Crippen molar-refractivity contribution in [3.63, 3.8) is 0 Å². The van der Waals surface area contributed by atoms with Gasteiger partial charge < -0.3 is 4.98 Å². The molecule has 0 fully saturated rings. The molecule has 0 spiro atoms. The van der Waals surface area contributed by atoms with Crippen LogP contribution in [0.15, 0.2) is 63.0 Å². The minimum atomic E-state index is -3.79. The molecule has 1 aromatic heterocycles. The Morgan fingerprint density at radius 1 is 1.00 bits per heavy atom. The van der Waals surface area contributed by atoms with E-state index in [4.69, 9.17) is 0 Å². The molecule has 7 nitrogen and oxygen atoms in total. The summed E-state index contributed by atoms with van der Waals surface area (Å²) in [5.41, 5.74) is -0.0732. The van der Waals surface area contributed by atoms with Crippen LogP contribution < -0.4 is 11.2 Å². The minimum Gasteiger partial charge on any atom is -0.307 e. The first-order valence-corrected chi connectivity index (χ1v) is 9.66.